The molecule has 0 aliphatic carbocycles. The number of rotatable bonds is 5. The molecule has 0 saturated carbocycles. The van der Waals surface area contributed by atoms with E-state index in [0.29, 0.717) is 24.6 Å². The van der Waals surface area contributed by atoms with Gasteiger partial charge in [0.2, 0.25) is 5.91 Å². The average molecular weight is 245 g/mol. The van der Waals surface area contributed by atoms with Gasteiger partial charge in [0.15, 0.2) is 0 Å². The first-order valence-electron chi connectivity index (χ1n) is 5.95. The Balaban J connectivity index is 2.42. The number of nitrogens with one attached hydrogen (secondary N) is 1. The van der Waals surface area contributed by atoms with E-state index in [4.69, 9.17) is 5.26 Å². The maximum Gasteiger partial charge on any atom is 0.224 e. The molecule has 0 spiro atoms. The van der Waals surface area contributed by atoms with E-state index in [1.165, 1.54) is 0 Å². The zero-order valence-corrected chi connectivity index (χ0v) is 11.1. The van der Waals surface area contributed by atoms with Crippen LogP contribution in [0.25, 0.3) is 0 Å². The fourth-order valence-corrected chi connectivity index (χ4v) is 1.39. The molecule has 0 bridgehead atoms. The van der Waals surface area contributed by atoms with Gasteiger partial charge in [0, 0.05) is 12.6 Å². The van der Waals surface area contributed by atoms with Gasteiger partial charge in [-0.15, -0.1) is 0 Å². The number of carbonyl (C=O) groups is 1. The molecule has 1 N–H and O–H groups in total. The Morgan fingerprint density at radius 2 is 2.00 bits per heavy atom. The molecule has 1 rings (SSSR count). The molecule has 4 nitrogen and oxygen atoms in total. The van der Waals surface area contributed by atoms with Crippen molar-refractivity contribution in [3.05, 3.63) is 35.4 Å². The van der Waals surface area contributed by atoms with Crippen molar-refractivity contribution in [3.63, 3.8) is 0 Å². The molecule has 1 aromatic carbocycles. The predicted molar refractivity (Wildman–Crippen MR) is 71.0 cm³/mol. The van der Waals surface area contributed by atoms with Gasteiger partial charge in [-0.2, -0.15) is 5.26 Å². The lowest BCUT2D eigenvalue weighted by molar-refractivity contribution is -0.120. The summed E-state index contributed by atoms with van der Waals surface area (Å²) in [7, 11) is 3.97. The molecule has 0 heterocycles. The van der Waals surface area contributed by atoms with Crippen LogP contribution in [0.1, 0.15) is 18.1 Å². The summed E-state index contributed by atoms with van der Waals surface area (Å²) in [6, 6.07) is 9.45. The Morgan fingerprint density at radius 3 is 2.50 bits per heavy atom. The molecule has 0 saturated heterocycles. The molecular weight excluding hydrogens is 226 g/mol. The molecule has 0 radical (unpaired) electrons. The van der Waals surface area contributed by atoms with E-state index in [1.807, 2.05) is 26.2 Å². The monoisotopic (exact) mass is 245 g/mol. The maximum absolute atomic E-state index is 11.7. The molecule has 1 atom stereocenters. The highest BCUT2D eigenvalue weighted by Crippen LogP contribution is 2.04. The molecule has 96 valence electrons. The largest absolute Gasteiger partial charge is 0.354 e. The highest BCUT2D eigenvalue weighted by atomic mass is 16.1. The van der Waals surface area contributed by atoms with Crippen molar-refractivity contribution >= 4 is 5.91 Å². The Bertz CT molecular complexity index is 431. The summed E-state index contributed by atoms with van der Waals surface area (Å²) in [4.78, 5) is 13.8. The van der Waals surface area contributed by atoms with Crippen molar-refractivity contribution in [2.45, 2.75) is 19.4 Å². The minimum absolute atomic E-state index is 0.00778. The lowest BCUT2D eigenvalue weighted by Crippen LogP contribution is -2.38. The Hall–Kier alpha value is -1.86. The highest BCUT2D eigenvalue weighted by Gasteiger charge is 2.07. The standard InChI is InChI=1S/C14H19N3O/c1-11(17(2)3)10-16-14(18)8-12-4-6-13(9-15)7-5-12/h4-7,11H,8,10H2,1-3H3,(H,16,18). The van der Waals surface area contributed by atoms with Gasteiger partial charge in [-0.3, -0.25) is 4.79 Å². The van der Waals surface area contributed by atoms with E-state index in [2.05, 4.69) is 23.2 Å². The second-order valence-corrected chi connectivity index (χ2v) is 4.60. The molecule has 0 aliphatic rings. The number of amides is 1. The number of hydrogen-bond acceptors (Lipinski definition) is 3. The minimum Gasteiger partial charge on any atom is -0.354 e. The molecule has 1 unspecified atom stereocenters. The van der Waals surface area contributed by atoms with Crippen LogP contribution in [0.15, 0.2) is 24.3 Å². The normalized spacial score (nSPS) is 11.9. The molecule has 0 aliphatic heterocycles. The van der Waals surface area contributed by atoms with Crippen LogP contribution in [-0.4, -0.2) is 37.5 Å². The van der Waals surface area contributed by atoms with Crippen molar-refractivity contribution in [2.75, 3.05) is 20.6 Å². The molecule has 4 heteroatoms. The van der Waals surface area contributed by atoms with Crippen molar-refractivity contribution in [2.24, 2.45) is 0 Å². The first-order chi connectivity index (χ1) is 8.52. The van der Waals surface area contributed by atoms with E-state index in [9.17, 15) is 4.79 Å². The minimum atomic E-state index is 0.00778. The summed E-state index contributed by atoms with van der Waals surface area (Å²) in [6.07, 6.45) is 0.353. The van der Waals surface area contributed by atoms with Gasteiger partial charge in [-0.1, -0.05) is 12.1 Å². The SMILES string of the molecule is CC(CNC(=O)Cc1ccc(C#N)cc1)N(C)C. The van der Waals surface area contributed by atoms with Crippen LogP contribution in [0.5, 0.6) is 0 Å². The molecule has 1 amide bonds. The quantitative estimate of drug-likeness (QED) is 0.847. The van der Waals surface area contributed by atoms with E-state index in [-0.39, 0.29) is 5.91 Å². The third-order valence-electron chi connectivity index (χ3n) is 2.92. The van der Waals surface area contributed by atoms with E-state index in [1.54, 1.807) is 12.1 Å². The van der Waals surface area contributed by atoms with Crippen molar-refractivity contribution < 1.29 is 4.79 Å². The topological polar surface area (TPSA) is 56.1 Å². The second-order valence-electron chi connectivity index (χ2n) is 4.60. The fraction of sp³-hybridized carbons (Fsp3) is 0.429. The van der Waals surface area contributed by atoms with Crippen molar-refractivity contribution in [1.29, 1.82) is 5.26 Å². The van der Waals surface area contributed by atoms with Crippen LogP contribution in [-0.2, 0) is 11.2 Å². The number of nitrogens with zero attached hydrogens (tertiary/aromatic N) is 2. The summed E-state index contributed by atoms with van der Waals surface area (Å²) in [6.45, 7) is 2.70. The predicted octanol–water partition coefficient (Wildman–Crippen LogP) is 1.17. The molecular formula is C14H19N3O. The highest BCUT2D eigenvalue weighted by molar-refractivity contribution is 5.78. The smallest absolute Gasteiger partial charge is 0.224 e. The van der Waals surface area contributed by atoms with Gasteiger partial charge in [-0.05, 0) is 38.7 Å². The average Bonchev–Trinajstić information content (AvgIpc) is 2.36. The van der Waals surface area contributed by atoms with Crippen molar-refractivity contribution in [3.8, 4) is 6.07 Å². The molecule has 0 aromatic heterocycles. The van der Waals surface area contributed by atoms with E-state index in [0.717, 1.165) is 5.56 Å². The number of hydrogen-bond donors (Lipinski definition) is 1. The van der Waals surface area contributed by atoms with Crippen LogP contribution in [0, 0.1) is 11.3 Å². The van der Waals surface area contributed by atoms with Gasteiger partial charge in [0.25, 0.3) is 0 Å². The zero-order chi connectivity index (χ0) is 13.5. The van der Waals surface area contributed by atoms with Gasteiger partial charge in [-0.25, -0.2) is 0 Å². The van der Waals surface area contributed by atoms with E-state index < -0.39 is 0 Å². The van der Waals surface area contributed by atoms with Crippen LogP contribution >= 0.6 is 0 Å². The second kappa shape index (κ2) is 6.77. The lowest BCUT2D eigenvalue weighted by Gasteiger charge is -2.19. The number of benzene rings is 1. The van der Waals surface area contributed by atoms with Gasteiger partial charge >= 0.3 is 0 Å². The molecule has 0 fully saturated rings. The molecule has 1 aromatic rings. The summed E-state index contributed by atoms with van der Waals surface area (Å²) in [5.74, 6) is 0.00778. The van der Waals surface area contributed by atoms with Gasteiger partial charge in [0.1, 0.15) is 0 Å². The first kappa shape index (κ1) is 14.2. The third-order valence-corrected chi connectivity index (χ3v) is 2.92. The maximum atomic E-state index is 11.7. The first-order valence-corrected chi connectivity index (χ1v) is 5.95. The Labute approximate surface area is 108 Å². The number of likely N-dealkylation sites (N-methyl/N-ethyl adjacent to an activating group) is 1. The zero-order valence-electron chi connectivity index (χ0n) is 11.1. The molecule has 18 heavy (non-hydrogen) atoms. The van der Waals surface area contributed by atoms with E-state index >= 15 is 0 Å². The summed E-state index contributed by atoms with van der Waals surface area (Å²) in [5, 5.41) is 11.6. The summed E-state index contributed by atoms with van der Waals surface area (Å²) in [5.41, 5.74) is 1.53. The number of carbonyl (C=O) groups excluding carboxylic acids is 1. The Morgan fingerprint density at radius 1 is 1.39 bits per heavy atom. The Kier molecular flexibility index (Phi) is 5.34. The van der Waals surface area contributed by atoms with Crippen LogP contribution in [0.4, 0.5) is 0 Å². The van der Waals surface area contributed by atoms with Gasteiger partial charge < -0.3 is 10.2 Å². The third kappa shape index (κ3) is 4.56. The fourth-order valence-electron chi connectivity index (χ4n) is 1.39. The lowest BCUT2D eigenvalue weighted by atomic mass is 10.1. The van der Waals surface area contributed by atoms with Crippen LogP contribution in [0.2, 0.25) is 0 Å². The van der Waals surface area contributed by atoms with Gasteiger partial charge in [0.05, 0.1) is 18.1 Å². The summed E-state index contributed by atoms with van der Waals surface area (Å²) >= 11 is 0. The number of nitriles is 1. The van der Waals surface area contributed by atoms with Crippen LogP contribution < -0.4 is 5.32 Å². The van der Waals surface area contributed by atoms with Crippen LogP contribution in [0.3, 0.4) is 0 Å². The van der Waals surface area contributed by atoms with Crippen molar-refractivity contribution in [1.82, 2.24) is 10.2 Å². The summed E-state index contributed by atoms with van der Waals surface area (Å²) < 4.78 is 0.